The second-order valence-electron chi connectivity index (χ2n) is 7.09. The molecule has 0 aromatic heterocycles. The van der Waals surface area contributed by atoms with E-state index >= 15 is 0 Å². The molecule has 0 aliphatic carbocycles. The summed E-state index contributed by atoms with van der Waals surface area (Å²) < 4.78 is 10.9. The Kier molecular flexibility index (Phi) is 7.07. The number of nitrogens with zero attached hydrogens (tertiary/aromatic N) is 2. The molecule has 2 aliphatic rings. The topological polar surface area (TPSA) is 63.5 Å². The highest BCUT2D eigenvalue weighted by Gasteiger charge is 2.35. The zero-order valence-electron chi connectivity index (χ0n) is 16.9. The highest BCUT2D eigenvalue weighted by atomic mass is 32.2. The highest BCUT2D eigenvalue weighted by Crippen LogP contribution is 2.43. The Morgan fingerprint density at radius 3 is 2.64 bits per heavy atom. The van der Waals surface area contributed by atoms with Gasteiger partial charge in [-0.1, -0.05) is 6.92 Å². The number of hydrogen-bond donors (Lipinski definition) is 1. The summed E-state index contributed by atoms with van der Waals surface area (Å²) in [4.78, 5) is 29.7. The fourth-order valence-electron chi connectivity index (χ4n) is 3.81. The van der Waals surface area contributed by atoms with E-state index in [0.717, 1.165) is 49.8 Å². The van der Waals surface area contributed by atoms with Gasteiger partial charge in [0.1, 0.15) is 16.9 Å². The van der Waals surface area contributed by atoms with Gasteiger partial charge in [-0.2, -0.15) is 0 Å². The first-order valence-electron chi connectivity index (χ1n) is 9.81. The number of ether oxygens (including phenoxy) is 2. The number of piperazine rings is 1. The largest absolute Gasteiger partial charge is 0.497 e. The van der Waals surface area contributed by atoms with Crippen LogP contribution in [0.3, 0.4) is 0 Å². The number of hydrogen-bond acceptors (Lipinski definition) is 5. The SMILES string of the molecule is CCC(=O)N1CC[NH+](CCN2C(=O)CS[C@H]2c2cc(OC)ccc2OC)CC1. The molecule has 0 saturated carbocycles. The molecule has 7 nitrogen and oxygen atoms in total. The fraction of sp³-hybridized carbons (Fsp3) is 0.600. The molecule has 8 heteroatoms. The van der Waals surface area contributed by atoms with E-state index in [4.69, 9.17) is 9.47 Å². The molecule has 28 heavy (non-hydrogen) atoms. The molecule has 2 amide bonds. The predicted molar refractivity (Wildman–Crippen MR) is 109 cm³/mol. The fourth-order valence-corrected chi connectivity index (χ4v) is 5.04. The van der Waals surface area contributed by atoms with Gasteiger partial charge in [0, 0.05) is 12.0 Å². The van der Waals surface area contributed by atoms with Crippen molar-refractivity contribution < 1.29 is 24.0 Å². The van der Waals surface area contributed by atoms with Crippen LogP contribution in [0.25, 0.3) is 0 Å². The number of nitrogens with one attached hydrogen (secondary N) is 1. The number of carbonyl (C=O) groups is 2. The summed E-state index contributed by atoms with van der Waals surface area (Å²) >= 11 is 1.63. The zero-order chi connectivity index (χ0) is 20.1. The van der Waals surface area contributed by atoms with Gasteiger partial charge in [0.05, 0.1) is 59.2 Å². The van der Waals surface area contributed by atoms with Crippen molar-refractivity contribution in [2.45, 2.75) is 18.7 Å². The van der Waals surface area contributed by atoms with E-state index in [1.807, 2.05) is 34.9 Å². The Morgan fingerprint density at radius 1 is 1.25 bits per heavy atom. The Balaban J connectivity index is 1.63. The molecule has 2 fully saturated rings. The van der Waals surface area contributed by atoms with Crippen molar-refractivity contribution in [2.75, 3.05) is 59.2 Å². The Morgan fingerprint density at radius 2 is 2.00 bits per heavy atom. The van der Waals surface area contributed by atoms with E-state index < -0.39 is 0 Å². The summed E-state index contributed by atoms with van der Waals surface area (Å²) in [5.74, 6) is 2.42. The molecule has 0 spiro atoms. The van der Waals surface area contributed by atoms with Gasteiger partial charge < -0.3 is 24.2 Å². The average Bonchev–Trinajstić information content (AvgIpc) is 3.11. The molecular weight excluding hydrogens is 378 g/mol. The maximum atomic E-state index is 12.5. The molecule has 1 aromatic carbocycles. The zero-order valence-corrected chi connectivity index (χ0v) is 17.7. The number of thioether (sulfide) groups is 1. The minimum Gasteiger partial charge on any atom is -0.497 e. The van der Waals surface area contributed by atoms with Gasteiger partial charge in [-0.3, -0.25) is 9.59 Å². The molecule has 3 rings (SSSR count). The molecule has 0 bridgehead atoms. The van der Waals surface area contributed by atoms with Crippen molar-refractivity contribution in [3.8, 4) is 11.5 Å². The van der Waals surface area contributed by atoms with Crippen LogP contribution in [0.5, 0.6) is 11.5 Å². The summed E-state index contributed by atoms with van der Waals surface area (Å²) in [5, 5.41) is -0.0556. The van der Waals surface area contributed by atoms with Crippen LogP contribution < -0.4 is 14.4 Å². The van der Waals surface area contributed by atoms with Crippen molar-refractivity contribution in [1.82, 2.24) is 9.80 Å². The monoisotopic (exact) mass is 408 g/mol. The van der Waals surface area contributed by atoms with Crippen molar-refractivity contribution in [3.05, 3.63) is 23.8 Å². The smallest absolute Gasteiger partial charge is 0.234 e. The Labute approximate surface area is 170 Å². The second-order valence-corrected chi connectivity index (χ2v) is 8.16. The van der Waals surface area contributed by atoms with E-state index in [1.54, 1.807) is 26.0 Å². The molecule has 2 aliphatic heterocycles. The molecule has 1 atom stereocenters. The number of carbonyl (C=O) groups excluding carboxylic acids is 2. The van der Waals surface area contributed by atoms with Crippen LogP contribution in [-0.2, 0) is 9.59 Å². The van der Waals surface area contributed by atoms with E-state index in [9.17, 15) is 9.59 Å². The van der Waals surface area contributed by atoms with Crippen LogP contribution in [-0.4, -0.2) is 80.9 Å². The third-order valence-corrected chi connectivity index (χ3v) is 6.74. The summed E-state index contributed by atoms with van der Waals surface area (Å²) in [6.07, 6.45) is 0.568. The number of benzene rings is 1. The van der Waals surface area contributed by atoms with Crippen LogP contribution in [0.2, 0.25) is 0 Å². The summed E-state index contributed by atoms with van der Waals surface area (Å²) in [7, 11) is 3.29. The molecule has 2 saturated heterocycles. The van der Waals surface area contributed by atoms with E-state index in [-0.39, 0.29) is 17.2 Å². The normalized spacial score (nSPS) is 20.5. The predicted octanol–water partition coefficient (Wildman–Crippen LogP) is 0.415. The lowest BCUT2D eigenvalue weighted by Crippen LogP contribution is -3.15. The first-order chi connectivity index (χ1) is 13.6. The second kappa shape index (κ2) is 9.52. The van der Waals surface area contributed by atoms with Crippen LogP contribution in [0, 0.1) is 0 Å². The third kappa shape index (κ3) is 4.55. The maximum absolute atomic E-state index is 12.5. The molecule has 154 valence electrons. The quantitative estimate of drug-likeness (QED) is 0.708. The van der Waals surface area contributed by atoms with Gasteiger partial charge in [-0.15, -0.1) is 11.8 Å². The van der Waals surface area contributed by atoms with E-state index in [2.05, 4.69) is 0 Å². The van der Waals surface area contributed by atoms with Crippen LogP contribution in [0.1, 0.15) is 24.3 Å². The summed E-state index contributed by atoms with van der Waals surface area (Å²) in [6, 6.07) is 5.73. The van der Waals surface area contributed by atoms with E-state index in [0.29, 0.717) is 18.7 Å². The summed E-state index contributed by atoms with van der Waals surface area (Å²) in [6.45, 7) is 6.99. The standard InChI is InChI=1S/C20H29N3O4S/c1-4-18(24)22-10-7-21(8-11-22)9-12-23-19(25)14-28-20(23)16-13-15(26-2)5-6-17(16)27-3/h5-6,13,20H,4,7-12,14H2,1-3H3/p+1/t20-/m0/s1. The van der Waals surface area contributed by atoms with Gasteiger partial charge >= 0.3 is 0 Å². The Hall–Kier alpha value is -1.93. The van der Waals surface area contributed by atoms with Crippen LogP contribution in [0.4, 0.5) is 0 Å². The number of amides is 2. The minimum absolute atomic E-state index is 0.0556. The molecular formula is C20H30N3O4S+. The van der Waals surface area contributed by atoms with Gasteiger partial charge in [-0.05, 0) is 18.2 Å². The first kappa shape index (κ1) is 20.8. The van der Waals surface area contributed by atoms with Crippen LogP contribution in [0.15, 0.2) is 18.2 Å². The lowest BCUT2D eigenvalue weighted by molar-refractivity contribution is -0.903. The van der Waals surface area contributed by atoms with E-state index in [1.165, 1.54) is 4.90 Å². The summed E-state index contributed by atoms with van der Waals surface area (Å²) in [5.41, 5.74) is 0.978. The first-order valence-corrected chi connectivity index (χ1v) is 10.9. The maximum Gasteiger partial charge on any atom is 0.234 e. The molecule has 1 N–H and O–H groups in total. The van der Waals surface area contributed by atoms with Crippen molar-refractivity contribution in [1.29, 1.82) is 0 Å². The van der Waals surface area contributed by atoms with Crippen molar-refractivity contribution in [3.63, 3.8) is 0 Å². The third-order valence-electron chi connectivity index (χ3n) is 5.50. The molecule has 0 radical (unpaired) electrons. The molecule has 2 heterocycles. The van der Waals surface area contributed by atoms with Crippen molar-refractivity contribution in [2.24, 2.45) is 0 Å². The van der Waals surface area contributed by atoms with Gasteiger partial charge in [0.2, 0.25) is 11.8 Å². The molecule has 0 unspecified atom stereocenters. The van der Waals surface area contributed by atoms with Crippen molar-refractivity contribution >= 4 is 23.6 Å². The van der Waals surface area contributed by atoms with Gasteiger partial charge in [-0.25, -0.2) is 0 Å². The number of methoxy groups -OCH3 is 2. The van der Waals surface area contributed by atoms with Gasteiger partial charge in [0.25, 0.3) is 0 Å². The average molecular weight is 409 g/mol. The minimum atomic E-state index is -0.0556. The molecule has 1 aromatic rings. The highest BCUT2D eigenvalue weighted by molar-refractivity contribution is 8.00. The van der Waals surface area contributed by atoms with Crippen LogP contribution >= 0.6 is 11.8 Å². The number of rotatable bonds is 7. The Bertz CT molecular complexity index is 707. The lowest BCUT2D eigenvalue weighted by atomic mass is 10.1. The lowest BCUT2D eigenvalue weighted by Gasteiger charge is -2.33. The number of quaternary nitrogens is 1. The van der Waals surface area contributed by atoms with Gasteiger partial charge in [0.15, 0.2) is 0 Å².